The van der Waals surface area contributed by atoms with Crippen LogP contribution in [0.5, 0.6) is 0 Å². The Morgan fingerprint density at radius 3 is 3.07 bits per heavy atom. The van der Waals surface area contributed by atoms with Gasteiger partial charge in [0.25, 0.3) is 0 Å². The summed E-state index contributed by atoms with van der Waals surface area (Å²) in [5, 5.41) is 8.90. The number of cyclic esters (lactones) is 1. The third-order valence-electron chi connectivity index (χ3n) is 3.99. The van der Waals surface area contributed by atoms with Crippen LogP contribution in [-0.4, -0.2) is 35.4 Å². The van der Waals surface area contributed by atoms with Crippen molar-refractivity contribution in [1.29, 1.82) is 0 Å². The van der Waals surface area contributed by atoms with Crippen LogP contribution in [0.3, 0.4) is 0 Å². The molecule has 3 atom stereocenters. The molecule has 3 fully saturated rings. The summed E-state index contributed by atoms with van der Waals surface area (Å²) >= 11 is 0. The van der Waals surface area contributed by atoms with E-state index in [0.717, 1.165) is 12.8 Å². The topological polar surface area (TPSA) is 72.8 Å². The van der Waals surface area contributed by atoms with Crippen LogP contribution < -0.4 is 0 Å². The van der Waals surface area contributed by atoms with Crippen molar-refractivity contribution in [2.75, 3.05) is 6.61 Å². The SMILES string of the molecule is O=C(O)C[C@@]12C[C@H]3CC[C@]1(COC2=O)O3. The maximum atomic E-state index is 11.7. The molecule has 3 rings (SSSR count). The summed E-state index contributed by atoms with van der Waals surface area (Å²) in [6.07, 6.45) is 2.06. The van der Waals surface area contributed by atoms with Crippen molar-refractivity contribution < 1.29 is 24.2 Å². The summed E-state index contributed by atoms with van der Waals surface area (Å²) < 4.78 is 10.8. The highest BCUT2D eigenvalue weighted by atomic mass is 16.6. The number of carboxylic acids is 1. The standard InChI is InChI=1S/C10H12O5/c11-7(12)4-9-3-6-1-2-10(9,15-6)5-14-8(9)13/h6H,1-5H2,(H,11,12)/t6-,9-,10-/m1/s1. The van der Waals surface area contributed by atoms with Crippen molar-refractivity contribution in [2.45, 2.75) is 37.4 Å². The van der Waals surface area contributed by atoms with Crippen molar-refractivity contribution in [1.82, 2.24) is 0 Å². The first kappa shape index (κ1) is 9.15. The lowest BCUT2D eigenvalue weighted by Crippen LogP contribution is -2.47. The first-order chi connectivity index (χ1) is 7.08. The average molecular weight is 212 g/mol. The van der Waals surface area contributed by atoms with Gasteiger partial charge in [-0.25, -0.2) is 0 Å². The van der Waals surface area contributed by atoms with Crippen LogP contribution in [0.2, 0.25) is 0 Å². The molecule has 5 nitrogen and oxygen atoms in total. The predicted molar refractivity (Wildman–Crippen MR) is 47.1 cm³/mol. The molecule has 0 aromatic heterocycles. The van der Waals surface area contributed by atoms with Gasteiger partial charge in [-0.1, -0.05) is 0 Å². The molecule has 3 heterocycles. The first-order valence-electron chi connectivity index (χ1n) is 5.15. The minimum atomic E-state index is -0.954. The Labute approximate surface area is 86.4 Å². The van der Waals surface area contributed by atoms with Gasteiger partial charge >= 0.3 is 11.9 Å². The van der Waals surface area contributed by atoms with Gasteiger partial charge in [0, 0.05) is 0 Å². The fourth-order valence-corrected chi connectivity index (χ4v) is 3.30. The van der Waals surface area contributed by atoms with E-state index in [9.17, 15) is 9.59 Å². The van der Waals surface area contributed by atoms with Gasteiger partial charge in [-0.15, -0.1) is 0 Å². The lowest BCUT2D eigenvalue weighted by atomic mass is 9.65. The van der Waals surface area contributed by atoms with Crippen molar-refractivity contribution >= 4 is 11.9 Å². The van der Waals surface area contributed by atoms with Gasteiger partial charge in [0.1, 0.15) is 17.6 Å². The van der Waals surface area contributed by atoms with Crippen molar-refractivity contribution in [2.24, 2.45) is 5.41 Å². The molecule has 2 bridgehead atoms. The zero-order valence-electron chi connectivity index (χ0n) is 8.19. The van der Waals surface area contributed by atoms with Crippen LogP contribution in [0.15, 0.2) is 0 Å². The van der Waals surface area contributed by atoms with E-state index in [1.54, 1.807) is 0 Å². The van der Waals surface area contributed by atoms with Crippen molar-refractivity contribution in [3.63, 3.8) is 0 Å². The Hall–Kier alpha value is -1.10. The molecule has 0 unspecified atom stereocenters. The van der Waals surface area contributed by atoms with E-state index in [-0.39, 0.29) is 25.1 Å². The minimum Gasteiger partial charge on any atom is -0.481 e. The smallest absolute Gasteiger partial charge is 0.315 e. The Kier molecular flexibility index (Phi) is 1.54. The van der Waals surface area contributed by atoms with Crippen molar-refractivity contribution in [3.05, 3.63) is 0 Å². The fraction of sp³-hybridized carbons (Fsp3) is 0.800. The van der Waals surface area contributed by atoms with Gasteiger partial charge in [-0.05, 0) is 19.3 Å². The summed E-state index contributed by atoms with van der Waals surface area (Å²) in [6, 6.07) is 0. The quantitative estimate of drug-likeness (QED) is 0.667. The zero-order valence-corrected chi connectivity index (χ0v) is 8.19. The number of fused-ring (bicyclic) bond motifs is 1. The molecule has 0 aromatic carbocycles. The lowest BCUT2D eigenvalue weighted by molar-refractivity contribution is -0.154. The number of hydrogen-bond donors (Lipinski definition) is 1. The van der Waals surface area contributed by atoms with Crippen LogP contribution in [0.1, 0.15) is 25.7 Å². The molecule has 82 valence electrons. The molecule has 1 N–H and O–H groups in total. The Balaban J connectivity index is 2.03. The van der Waals surface area contributed by atoms with Gasteiger partial charge < -0.3 is 14.6 Å². The van der Waals surface area contributed by atoms with Crippen LogP contribution >= 0.6 is 0 Å². The van der Waals surface area contributed by atoms with Crippen LogP contribution in [0.25, 0.3) is 0 Å². The van der Waals surface area contributed by atoms with E-state index in [0.29, 0.717) is 6.42 Å². The van der Waals surface area contributed by atoms with E-state index >= 15 is 0 Å². The molecular weight excluding hydrogens is 200 g/mol. The van der Waals surface area contributed by atoms with Gasteiger partial charge in [-0.2, -0.15) is 0 Å². The maximum Gasteiger partial charge on any atom is 0.315 e. The molecule has 0 saturated carbocycles. The van der Waals surface area contributed by atoms with E-state index in [1.165, 1.54) is 0 Å². The van der Waals surface area contributed by atoms with Crippen LogP contribution in [0.4, 0.5) is 0 Å². The van der Waals surface area contributed by atoms with Crippen LogP contribution in [0, 0.1) is 5.41 Å². The molecular formula is C10H12O5. The summed E-state index contributed by atoms with van der Waals surface area (Å²) in [7, 11) is 0. The third-order valence-corrected chi connectivity index (χ3v) is 3.99. The maximum absolute atomic E-state index is 11.7. The highest BCUT2D eigenvalue weighted by Gasteiger charge is 2.72. The largest absolute Gasteiger partial charge is 0.481 e. The molecule has 3 aliphatic rings. The predicted octanol–water partition coefficient (Wildman–Crippen LogP) is 0.326. The Morgan fingerprint density at radius 1 is 1.60 bits per heavy atom. The Bertz CT molecular complexity index is 352. The highest BCUT2D eigenvalue weighted by Crippen LogP contribution is 2.61. The first-order valence-corrected chi connectivity index (χ1v) is 5.15. The number of rotatable bonds is 2. The summed E-state index contributed by atoms with van der Waals surface area (Å²) in [5.74, 6) is -1.34. The number of hydrogen-bond acceptors (Lipinski definition) is 4. The molecule has 5 heteroatoms. The van der Waals surface area contributed by atoms with E-state index in [2.05, 4.69) is 0 Å². The molecule has 0 aromatic rings. The van der Waals surface area contributed by atoms with E-state index in [1.807, 2.05) is 0 Å². The molecule has 0 aliphatic carbocycles. The third kappa shape index (κ3) is 0.916. The molecule has 3 saturated heterocycles. The number of carbonyl (C=O) groups excluding carboxylic acids is 1. The van der Waals surface area contributed by atoms with Gasteiger partial charge in [0.2, 0.25) is 0 Å². The molecule has 1 spiro atoms. The number of ether oxygens (including phenoxy) is 2. The summed E-state index contributed by atoms with van der Waals surface area (Å²) in [5.41, 5.74) is -1.53. The monoisotopic (exact) mass is 212 g/mol. The number of esters is 1. The summed E-state index contributed by atoms with van der Waals surface area (Å²) in [4.78, 5) is 22.6. The zero-order chi connectivity index (χ0) is 10.7. The summed E-state index contributed by atoms with van der Waals surface area (Å²) in [6.45, 7) is 0.232. The van der Waals surface area contributed by atoms with Crippen LogP contribution in [-0.2, 0) is 19.1 Å². The molecule has 0 radical (unpaired) electrons. The van der Waals surface area contributed by atoms with Crippen molar-refractivity contribution in [3.8, 4) is 0 Å². The van der Waals surface area contributed by atoms with Gasteiger partial charge in [0.15, 0.2) is 0 Å². The molecule has 3 aliphatic heterocycles. The second-order valence-corrected chi connectivity index (χ2v) is 4.71. The highest BCUT2D eigenvalue weighted by molar-refractivity contribution is 5.87. The molecule has 0 amide bonds. The average Bonchev–Trinajstić information content (AvgIpc) is 2.75. The minimum absolute atomic E-state index is 0.0530. The second-order valence-electron chi connectivity index (χ2n) is 4.71. The van der Waals surface area contributed by atoms with Gasteiger partial charge in [0.05, 0.1) is 12.5 Å². The number of carboxylic acid groups (broad SMARTS) is 1. The normalized spacial score (nSPS) is 46.7. The van der Waals surface area contributed by atoms with E-state index in [4.69, 9.17) is 14.6 Å². The van der Waals surface area contributed by atoms with E-state index < -0.39 is 17.0 Å². The lowest BCUT2D eigenvalue weighted by Gasteiger charge is -2.32. The Morgan fingerprint density at radius 2 is 2.40 bits per heavy atom. The number of aliphatic carboxylic acids is 1. The fourth-order valence-electron chi connectivity index (χ4n) is 3.30. The number of carbonyl (C=O) groups is 2. The van der Waals surface area contributed by atoms with Gasteiger partial charge in [-0.3, -0.25) is 9.59 Å². The molecule has 15 heavy (non-hydrogen) atoms. The second kappa shape index (κ2) is 2.52.